The normalized spacial score (nSPS) is 31.5. The van der Waals surface area contributed by atoms with E-state index in [9.17, 15) is 4.79 Å². The average molecular weight is 156 g/mol. The fourth-order valence-electron chi connectivity index (χ4n) is 1.23. The van der Waals surface area contributed by atoms with Gasteiger partial charge in [0.2, 0.25) is 5.91 Å². The standard InChI is InChI=1S/C7H14N3O/c1-5-6(7(11)8-2)10-4-3-9-5/h5-6,10H,3-4H2,1-2H3,(H,8,11). The minimum Gasteiger partial charge on any atom is -0.358 e. The molecule has 1 rings (SSSR count). The summed E-state index contributed by atoms with van der Waals surface area (Å²) in [5.41, 5.74) is 0. The number of nitrogens with one attached hydrogen (secondary N) is 2. The fourth-order valence-corrected chi connectivity index (χ4v) is 1.23. The number of carbonyl (C=O) groups is 1. The molecule has 2 atom stereocenters. The number of carbonyl (C=O) groups excluding carboxylic acids is 1. The van der Waals surface area contributed by atoms with Gasteiger partial charge in [0, 0.05) is 26.2 Å². The van der Waals surface area contributed by atoms with Gasteiger partial charge in [0.1, 0.15) is 6.04 Å². The summed E-state index contributed by atoms with van der Waals surface area (Å²) in [6.07, 6.45) is 0. The zero-order chi connectivity index (χ0) is 8.27. The molecular weight excluding hydrogens is 142 g/mol. The molecule has 11 heavy (non-hydrogen) atoms. The van der Waals surface area contributed by atoms with Crippen LogP contribution in [0.2, 0.25) is 0 Å². The summed E-state index contributed by atoms with van der Waals surface area (Å²) in [5, 5.41) is 9.97. The van der Waals surface area contributed by atoms with Crippen LogP contribution in [0.3, 0.4) is 0 Å². The molecule has 63 valence electrons. The van der Waals surface area contributed by atoms with Crippen molar-refractivity contribution in [1.82, 2.24) is 16.0 Å². The molecule has 1 aliphatic heterocycles. The molecule has 2 unspecified atom stereocenters. The molecule has 1 amide bonds. The summed E-state index contributed by atoms with van der Waals surface area (Å²) >= 11 is 0. The highest BCUT2D eigenvalue weighted by Crippen LogP contribution is 1.98. The van der Waals surface area contributed by atoms with Crippen LogP contribution in [0.1, 0.15) is 6.92 Å². The van der Waals surface area contributed by atoms with Gasteiger partial charge in [0.05, 0.1) is 0 Å². The Morgan fingerprint density at radius 2 is 2.45 bits per heavy atom. The molecule has 0 spiro atoms. The van der Waals surface area contributed by atoms with E-state index in [0.29, 0.717) is 0 Å². The lowest BCUT2D eigenvalue weighted by molar-refractivity contribution is -0.123. The molecule has 0 aromatic heterocycles. The molecule has 0 bridgehead atoms. The molecule has 4 nitrogen and oxygen atoms in total. The van der Waals surface area contributed by atoms with Crippen molar-refractivity contribution in [2.75, 3.05) is 20.1 Å². The molecular formula is C7H14N3O. The van der Waals surface area contributed by atoms with Crippen LogP contribution in [0, 0.1) is 0 Å². The van der Waals surface area contributed by atoms with Gasteiger partial charge in [-0.3, -0.25) is 4.79 Å². The van der Waals surface area contributed by atoms with Crippen molar-refractivity contribution in [2.24, 2.45) is 0 Å². The lowest BCUT2D eigenvalue weighted by Crippen LogP contribution is -2.57. The van der Waals surface area contributed by atoms with E-state index in [1.807, 2.05) is 6.92 Å². The van der Waals surface area contributed by atoms with E-state index in [0.717, 1.165) is 13.1 Å². The SMILES string of the molecule is CNC(=O)C1NCC[N]C1C. The molecule has 1 aliphatic rings. The number of hydrogen-bond donors (Lipinski definition) is 2. The van der Waals surface area contributed by atoms with Gasteiger partial charge in [-0.2, -0.15) is 0 Å². The van der Waals surface area contributed by atoms with Gasteiger partial charge in [-0.25, -0.2) is 5.32 Å². The first-order chi connectivity index (χ1) is 5.25. The molecule has 0 saturated carbocycles. The summed E-state index contributed by atoms with van der Waals surface area (Å²) in [4.78, 5) is 11.1. The maximum absolute atomic E-state index is 11.1. The molecule has 1 radical (unpaired) electrons. The summed E-state index contributed by atoms with van der Waals surface area (Å²) in [7, 11) is 1.64. The lowest BCUT2D eigenvalue weighted by Gasteiger charge is -2.28. The van der Waals surface area contributed by atoms with E-state index in [-0.39, 0.29) is 18.0 Å². The Bertz CT molecular complexity index is 149. The van der Waals surface area contributed by atoms with Gasteiger partial charge in [-0.05, 0) is 6.92 Å². The topological polar surface area (TPSA) is 55.2 Å². The first kappa shape index (κ1) is 8.49. The van der Waals surface area contributed by atoms with Gasteiger partial charge in [-0.1, -0.05) is 0 Å². The van der Waals surface area contributed by atoms with E-state index in [1.54, 1.807) is 7.05 Å². The summed E-state index contributed by atoms with van der Waals surface area (Å²) < 4.78 is 0. The quantitative estimate of drug-likeness (QED) is 0.495. The van der Waals surface area contributed by atoms with Crippen molar-refractivity contribution in [3.8, 4) is 0 Å². The van der Waals surface area contributed by atoms with E-state index in [4.69, 9.17) is 0 Å². The van der Waals surface area contributed by atoms with Gasteiger partial charge in [0.25, 0.3) is 0 Å². The molecule has 0 aromatic carbocycles. The predicted octanol–water partition coefficient (Wildman–Crippen LogP) is -1.30. The number of nitrogens with zero attached hydrogens (tertiary/aromatic N) is 1. The first-order valence-corrected chi connectivity index (χ1v) is 3.87. The van der Waals surface area contributed by atoms with Gasteiger partial charge >= 0.3 is 0 Å². The lowest BCUT2D eigenvalue weighted by atomic mass is 10.1. The third kappa shape index (κ3) is 1.91. The van der Waals surface area contributed by atoms with Crippen molar-refractivity contribution in [3.05, 3.63) is 0 Å². The van der Waals surface area contributed by atoms with Gasteiger partial charge in [0.15, 0.2) is 0 Å². The van der Waals surface area contributed by atoms with Crippen LogP contribution in [0.15, 0.2) is 0 Å². The summed E-state index contributed by atoms with van der Waals surface area (Å²) in [6, 6.07) is -0.0301. The Balaban J connectivity index is 2.47. The van der Waals surface area contributed by atoms with Crippen LogP contribution in [0.25, 0.3) is 0 Å². The fraction of sp³-hybridized carbons (Fsp3) is 0.857. The Morgan fingerprint density at radius 3 is 3.00 bits per heavy atom. The third-order valence-electron chi connectivity index (χ3n) is 1.90. The number of piperazine rings is 1. The molecule has 1 heterocycles. The van der Waals surface area contributed by atoms with Crippen molar-refractivity contribution in [2.45, 2.75) is 19.0 Å². The van der Waals surface area contributed by atoms with E-state index < -0.39 is 0 Å². The molecule has 1 fully saturated rings. The second kappa shape index (κ2) is 3.69. The van der Waals surface area contributed by atoms with Crippen LogP contribution >= 0.6 is 0 Å². The second-order valence-corrected chi connectivity index (χ2v) is 2.69. The van der Waals surface area contributed by atoms with E-state index in [2.05, 4.69) is 16.0 Å². The molecule has 0 aromatic rings. The minimum absolute atomic E-state index is 0.0287. The monoisotopic (exact) mass is 156 g/mol. The Labute approximate surface area is 66.7 Å². The highest BCUT2D eigenvalue weighted by Gasteiger charge is 2.26. The van der Waals surface area contributed by atoms with Crippen LogP contribution in [0.5, 0.6) is 0 Å². The summed E-state index contributed by atoms with van der Waals surface area (Å²) in [5.74, 6) is 0.0287. The van der Waals surface area contributed by atoms with Crippen LogP contribution in [-0.2, 0) is 4.79 Å². The Kier molecular flexibility index (Phi) is 2.84. The van der Waals surface area contributed by atoms with Crippen molar-refractivity contribution >= 4 is 5.91 Å². The van der Waals surface area contributed by atoms with E-state index in [1.165, 1.54) is 0 Å². The van der Waals surface area contributed by atoms with Gasteiger partial charge < -0.3 is 10.6 Å². The average Bonchev–Trinajstić information content (AvgIpc) is 2.04. The number of rotatable bonds is 1. The van der Waals surface area contributed by atoms with Crippen LogP contribution in [-0.4, -0.2) is 38.1 Å². The second-order valence-electron chi connectivity index (χ2n) is 2.69. The number of likely N-dealkylation sites (N-methyl/N-ethyl adjacent to an activating group) is 1. The molecule has 4 heteroatoms. The van der Waals surface area contributed by atoms with Crippen LogP contribution < -0.4 is 16.0 Å². The maximum atomic E-state index is 11.1. The summed E-state index contributed by atoms with van der Waals surface area (Å²) in [6.45, 7) is 3.57. The zero-order valence-corrected chi connectivity index (χ0v) is 6.92. The van der Waals surface area contributed by atoms with Crippen LogP contribution in [0.4, 0.5) is 0 Å². The molecule has 0 aliphatic carbocycles. The smallest absolute Gasteiger partial charge is 0.238 e. The third-order valence-corrected chi connectivity index (χ3v) is 1.90. The molecule has 1 saturated heterocycles. The molecule has 2 N–H and O–H groups in total. The number of hydrogen-bond acceptors (Lipinski definition) is 2. The largest absolute Gasteiger partial charge is 0.358 e. The Hall–Kier alpha value is -0.610. The maximum Gasteiger partial charge on any atom is 0.238 e. The first-order valence-electron chi connectivity index (χ1n) is 3.87. The number of amides is 1. The minimum atomic E-state index is -0.131. The van der Waals surface area contributed by atoms with Crippen molar-refractivity contribution < 1.29 is 4.79 Å². The zero-order valence-electron chi connectivity index (χ0n) is 6.92. The predicted molar refractivity (Wildman–Crippen MR) is 42.3 cm³/mol. The van der Waals surface area contributed by atoms with Gasteiger partial charge in [-0.15, -0.1) is 0 Å². The van der Waals surface area contributed by atoms with Crippen molar-refractivity contribution in [3.63, 3.8) is 0 Å². The van der Waals surface area contributed by atoms with Crippen molar-refractivity contribution in [1.29, 1.82) is 0 Å². The highest BCUT2D eigenvalue weighted by atomic mass is 16.2. The Morgan fingerprint density at radius 1 is 1.73 bits per heavy atom. The van der Waals surface area contributed by atoms with E-state index >= 15 is 0 Å². The highest BCUT2D eigenvalue weighted by molar-refractivity contribution is 5.82.